The number of aromatic nitrogens is 1. The number of pyridine rings is 1. The van der Waals surface area contributed by atoms with Gasteiger partial charge in [-0.2, -0.15) is 0 Å². The normalized spacial score (nSPS) is 22.8. The Balaban J connectivity index is 1.90. The molecule has 2 unspecified atom stereocenters. The van der Waals surface area contributed by atoms with Gasteiger partial charge in [-0.05, 0) is 43.5 Å². The van der Waals surface area contributed by atoms with Crippen molar-refractivity contribution in [3.8, 4) is 0 Å². The Bertz CT molecular complexity index is 703. The summed E-state index contributed by atoms with van der Waals surface area (Å²) in [5.74, 6) is -0.630. The van der Waals surface area contributed by atoms with Crippen LogP contribution in [0, 0.1) is 11.7 Å². The molecule has 2 atom stereocenters. The number of nitrogens with two attached hydrogens (primary N) is 1. The van der Waals surface area contributed by atoms with Gasteiger partial charge in [0, 0.05) is 30.7 Å². The van der Waals surface area contributed by atoms with Gasteiger partial charge in [0.15, 0.2) is 0 Å². The molecule has 1 saturated heterocycles. The first-order valence-corrected chi connectivity index (χ1v) is 7.61. The molecule has 1 aliphatic heterocycles. The van der Waals surface area contributed by atoms with Crippen molar-refractivity contribution in [2.24, 2.45) is 11.7 Å². The smallest absolute Gasteiger partial charge is 0.221 e. The van der Waals surface area contributed by atoms with Gasteiger partial charge in [0.05, 0.1) is 11.4 Å². The molecule has 0 spiro atoms. The largest absolute Gasteiger partial charge is 0.369 e. The first kappa shape index (κ1) is 14.9. The lowest BCUT2D eigenvalue weighted by molar-refractivity contribution is -0.124. The maximum atomic E-state index is 13.8. The molecule has 0 radical (unpaired) electrons. The second-order valence-corrected chi connectivity index (χ2v) is 6.10. The molecule has 1 fully saturated rings. The van der Waals surface area contributed by atoms with E-state index in [-0.39, 0.29) is 17.6 Å². The summed E-state index contributed by atoms with van der Waals surface area (Å²) < 4.78 is 13.8. The van der Waals surface area contributed by atoms with Crippen molar-refractivity contribution >= 4 is 16.8 Å². The Morgan fingerprint density at radius 1 is 1.45 bits per heavy atom. The highest BCUT2D eigenvalue weighted by Gasteiger charge is 2.29. The van der Waals surface area contributed by atoms with Gasteiger partial charge >= 0.3 is 0 Å². The summed E-state index contributed by atoms with van der Waals surface area (Å²) in [6, 6.07) is 7.05. The van der Waals surface area contributed by atoms with Crippen molar-refractivity contribution < 1.29 is 9.18 Å². The van der Waals surface area contributed by atoms with E-state index >= 15 is 0 Å². The first-order valence-electron chi connectivity index (χ1n) is 7.61. The number of nitrogens with zero attached hydrogens (tertiary/aromatic N) is 2. The SMILES string of the molecule is CC1CCC(C(N)=O)CN1Cc1cc(F)cc2cccnc12. The van der Waals surface area contributed by atoms with Gasteiger partial charge < -0.3 is 5.73 Å². The van der Waals surface area contributed by atoms with E-state index in [0.29, 0.717) is 19.1 Å². The van der Waals surface area contributed by atoms with E-state index in [4.69, 9.17) is 5.73 Å². The number of primary amides is 1. The minimum Gasteiger partial charge on any atom is -0.369 e. The van der Waals surface area contributed by atoms with Crippen LogP contribution in [0.1, 0.15) is 25.3 Å². The lowest BCUT2D eigenvalue weighted by Gasteiger charge is -2.37. The van der Waals surface area contributed by atoms with Gasteiger partial charge in [-0.3, -0.25) is 14.7 Å². The number of piperidine rings is 1. The van der Waals surface area contributed by atoms with E-state index in [0.717, 1.165) is 29.3 Å². The molecule has 22 heavy (non-hydrogen) atoms. The van der Waals surface area contributed by atoms with E-state index in [9.17, 15) is 9.18 Å². The second-order valence-electron chi connectivity index (χ2n) is 6.10. The summed E-state index contributed by atoms with van der Waals surface area (Å²) in [5, 5.41) is 0.800. The molecular formula is C17H20FN3O. The molecule has 116 valence electrons. The number of hydrogen-bond acceptors (Lipinski definition) is 3. The van der Waals surface area contributed by atoms with Crippen LogP contribution >= 0.6 is 0 Å². The van der Waals surface area contributed by atoms with Crippen LogP contribution in [-0.2, 0) is 11.3 Å². The maximum absolute atomic E-state index is 13.8. The first-order chi connectivity index (χ1) is 10.5. The van der Waals surface area contributed by atoms with Crippen LogP contribution < -0.4 is 5.73 Å². The van der Waals surface area contributed by atoms with Crippen LogP contribution in [0.2, 0.25) is 0 Å². The predicted octanol–water partition coefficient (Wildman–Crippen LogP) is 2.46. The van der Waals surface area contributed by atoms with Crippen molar-refractivity contribution in [2.45, 2.75) is 32.4 Å². The summed E-state index contributed by atoms with van der Waals surface area (Å²) in [7, 11) is 0. The fraction of sp³-hybridized carbons (Fsp3) is 0.412. The molecule has 0 bridgehead atoms. The summed E-state index contributed by atoms with van der Waals surface area (Å²) in [6.07, 6.45) is 3.47. The van der Waals surface area contributed by atoms with Crippen LogP contribution in [0.25, 0.3) is 10.9 Å². The zero-order valence-corrected chi connectivity index (χ0v) is 12.6. The Kier molecular flexibility index (Phi) is 4.07. The number of hydrogen-bond donors (Lipinski definition) is 1. The Morgan fingerprint density at radius 2 is 2.27 bits per heavy atom. The average Bonchev–Trinajstić information content (AvgIpc) is 2.49. The lowest BCUT2D eigenvalue weighted by Crippen LogP contribution is -2.45. The Labute approximate surface area is 129 Å². The third-order valence-electron chi connectivity index (χ3n) is 4.54. The molecule has 3 rings (SSSR count). The zero-order chi connectivity index (χ0) is 15.7. The summed E-state index contributed by atoms with van der Waals surface area (Å²) >= 11 is 0. The van der Waals surface area contributed by atoms with Crippen molar-refractivity contribution in [1.29, 1.82) is 0 Å². The molecule has 0 aliphatic carbocycles. The Morgan fingerprint density at radius 3 is 3.05 bits per heavy atom. The van der Waals surface area contributed by atoms with E-state index in [2.05, 4.69) is 16.8 Å². The molecule has 2 heterocycles. The van der Waals surface area contributed by atoms with E-state index in [1.807, 2.05) is 6.07 Å². The van der Waals surface area contributed by atoms with Crippen LogP contribution in [0.3, 0.4) is 0 Å². The minimum atomic E-state index is -0.258. The highest BCUT2D eigenvalue weighted by atomic mass is 19.1. The Hall–Kier alpha value is -2.01. The quantitative estimate of drug-likeness (QED) is 0.947. The summed E-state index contributed by atoms with van der Waals surface area (Å²) in [4.78, 5) is 18.0. The molecule has 0 saturated carbocycles. The number of carbonyl (C=O) groups excluding carboxylic acids is 1. The third-order valence-corrected chi connectivity index (χ3v) is 4.54. The molecule has 5 heteroatoms. The number of halogens is 1. The average molecular weight is 301 g/mol. The molecule has 2 aromatic rings. The number of likely N-dealkylation sites (tertiary alicyclic amines) is 1. The number of carbonyl (C=O) groups is 1. The molecule has 2 N–H and O–H groups in total. The van der Waals surface area contributed by atoms with Gasteiger partial charge in [-0.15, -0.1) is 0 Å². The summed E-state index contributed by atoms with van der Waals surface area (Å²) in [6.45, 7) is 3.34. The highest BCUT2D eigenvalue weighted by Crippen LogP contribution is 2.26. The predicted molar refractivity (Wildman–Crippen MR) is 83.5 cm³/mol. The topological polar surface area (TPSA) is 59.2 Å². The molecular weight excluding hydrogens is 281 g/mol. The number of benzene rings is 1. The zero-order valence-electron chi connectivity index (χ0n) is 12.6. The fourth-order valence-electron chi connectivity index (χ4n) is 3.20. The number of amides is 1. The second kappa shape index (κ2) is 6.01. The number of rotatable bonds is 3. The molecule has 1 aliphatic rings. The summed E-state index contributed by atoms with van der Waals surface area (Å²) in [5.41, 5.74) is 7.12. The molecule has 4 nitrogen and oxygen atoms in total. The monoisotopic (exact) mass is 301 g/mol. The van der Waals surface area contributed by atoms with Crippen molar-refractivity contribution in [2.75, 3.05) is 6.54 Å². The molecule has 1 amide bonds. The maximum Gasteiger partial charge on any atom is 0.221 e. The minimum absolute atomic E-state index is 0.121. The van der Waals surface area contributed by atoms with Crippen LogP contribution in [0.5, 0.6) is 0 Å². The highest BCUT2D eigenvalue weighted by molar-refractivity contribution is 5.81. The van der Waals surface area contributed by atoms with Gasteiger partial charge in [0.2, 0.25) is 5.91 Å². The van der Waals surface area contributed by atoms with Gasteiger partial charge in [0.1, 0.15) is 5.82 Å². The van der Waals surface area contributed by atoms with Gasteiger partial charge in [0.25, 0.3) is 0 Å². The lowest BCUT2D eigenvalue weighted by atomic mass is 9.92. The standard InChI is InChI=1S/C17H20FN3O/c1-11-4-5-13(17(19)22)9-21(11)10-14-8-15(18)7-12-3-2-6-20-16(12)14/h2-3,6-8,11,13H,4-5,9-10H2,1H3,(H2,19,22). The van der Waals surface area contributed by atoms with Crippen LogP contribution in [0.15, 0.2) is 30.5 Å². The number of fused-ring (bicyclic) bond motifs is 1. The van der Waals surface area contributed by atoms with Gasteiger partial charge in [-0.1, -0.05) is 6.07 Å². The van der Waals surface area contributed by atoms with Gasteiger partial charge in [-0.25, -0.2) is 4.39 Å². The molecule has 1 aromatic heterocycles. The van der Waals surface area contributed by atoms with Crippen LogP contribution in [-0.4, -0.2) is 28.4 Å². The van der Waals surface area contributed by atoms with Crippen molar-refractivity contribution in [3.63, 3.8) is 0 Å². The van der Waals surface area contributed by atoms with Crippen molar-refractivity contribution in [1.82, 2.24) is 9.88 Å². The van der Waals surface area contributed by atoms with E-state index < -0.39 is 0 Å². The fourth-order valence-corrected chi connectivity index (χ4v) is 3.20. The third kappa shape index (κ3) is 2.95. The molecule has 1 aromatic carbocycles. The van der Waals surface area contributed by atoms with E-state index in [1.54, 1.807) is 12.3 Å². The van der Waals surface area contributed by atoms with Crippen LogP contribution in [0.4, 0.5) is 4.39 Å². The van der Waals surface area contributed by atoms with E-state index in [1.165, 1.54) is 12.1 Å². The van der Waals surface area contributed by atoms with Crippen molar-refractivity contribution in [3.05, 3.63) is 41.8 Å².